The Hall–Kier alpha value is 0.350. The lowest BCUT2D eigenvalue weighted by Gasteiger charge is -2.03. The van der Waals surface area contributed by atoms with Crippen LogP contribution in [0.3, 0.4) is 0 Å². The van der Waals surface area contributed by atoms with Gasteiger partial charge in [0.15, 0.2) is 0 Å². The minimum Gasteiger partial charge on any atom is -0.176 e. The number of thiol groups is 1. The van der Waals surface area contributed by atoms with Gasteiger partial charge in [-0.3, -0.25) is 0 Å². The van der Waals surface area contributed by atoms with Gasteiger partial charge < -0.3 is 0 Å². The van der Waals surface area contributed by atoms with Gasteiger partial charge in [-0.1, -0.05) is 26.7 Å². The molecule has 0 heterocycles. The molecule has 1 radical (unpaired) electrons. The summed E-state index contributed by atoms with van der Waals surface area (Å²) in [6, 6.07) is 0. The average Bonchev–Trinajstić information content (AvgIpc) is 1.83. The molecular weight excluding hydrogens is 116 g/mol. The molecule has 0 saturated carbocycles. The van der Waals surface area contributed by atoms with Gasteiger partial charge in [0.05, 0.1) is 0 Å². The summed E-state index contributed by atoms with van der Waals surface area (Å²) in [5.74, 6) is 0. The zero-order valence-electron chi connectivity index (χ0n) is 5.56. The number of hydrogen-bond donors (Lipinski definition) is 1. The Balaban J connectivity index is 2.86. The summed E-state index contributed by atoms with van der Waals surface area (Å²) >= 11 is 4.30. The van der Waals surface area contributed by atoms with Crippen LogP contribution in [0.1, 0.15) is 32.6 Å². The quantitative estimate of drug-likeness (QED) is 0.557. The Bertz CT molecular complexity index is 43.7. The molecule has 0 aliphatic rings. The highest BCUT2D eigenvalue weighted by Crippen LogP contribution is 2.08. The monoisotopic (exact) mass is 131 g/mol. The molecule has 0 aromatic heterocycles. The predicted molar refractivity (Wildman–Crippen MR) is 42.3 cm³/mol. The fraction of sp³-hybridized carbons (Fsp3) is 0.857. The zero-order chi connectivity index (χ0) is 6.41. The third-order valence-corrected chi connectivity index (χ3v) is 1.74. The summed E-state index contributed by atoms with van der Waals surface area (Å²) in [4.78, 5) is 0. The van der Waals surface area contributed by atoms with Crippen molar-refractivity contribution in [3.63, 3.8) is 0 Å². The lowest BCUT2D eigenvalue weighted by molar-refractivity contribution is 0.689. The van der Waals surface area contributed by atoms with Gasteiger partial charge in [-0.05, 0) is 12.8 Å². The molecule has 0 N–H and O–H groups in total. The molecule has 8 heavy (non-hydrogen) atoms. The van der Waals surface area contributed by atoms with E-state index in [2.05, 4.69) is 26.5 Å². The van der Waals surface area contributed by atoms with Crippen molar-refractivity contribution in [2.45, 2.75) is 37.9 Å². The first-order valence-corrected chi connectivity index (χ1v) is 3.80. The molecule has 0 nitrogen and oxygen atoms in total. The molecule has 49 valence electrons. The smallest absolute Gasteiger partial charge is 0.00168 e. The van der Waals surface area contributed by atoms with E-state index in [-0.39, 0.29) is 0 Å². The molecule has 0 spiro atoms. The van der Waals surface area contributed by atoms with E-state index in [1.54, 1.807) is 0 Å². The van der Waals surface area contributed by atoms with Crippen molar-refractivity contribution in [2.24, 2.45) is 0 Å². The first-order valence-electron chi connectivity index (χ1n) is 3.28. The summed E-state index contributed by atoms with van der Waals surface area (Å²) in [5, 5.41) is 0.537. The van der Waals surface area contributed by atoms with Crippen LogP contribution in [0.25, 0.3) is 0 Å². The van der Waals surface area contributed by atoms with Gasteiger partial charge in [0.25, 0.3) is 0 Å². The molecule has 0 rings (SSSR count). The van der Waals surface area contributed by atoms with Crippen molar-refractivity contribution in [3.8, 4) is 0 Å². The molecule has 0 amide bonds. The summed E-state index contributed by atoms with van der Waals surface area (Å²) in [6.07, 6.45) is 4.76. The number of rotatable bonds is 4. The maximum atomic E-state index is 4.30. The molecule has 1 atom stereocenters. The normalized spacial score (nSPS) is 13.9. The van der Waals surface area contributed by atoms with Gasteiger partial charge in [0, 0.05) is 5.25 Å². The van der Waals surface area contributed by atoms with Crippen molar-refractivity contribution >= 4 is 12.6 Å². The molecule has 0 bridgehead atoms. The van der Waals surface area contributed by atoms with Crippen molar-refractivity contribution < 1.29 is 0 Å². The third-order valence-electron chi connectivity index (χ3n) is 1.22. The SMILES string of the molecule is [CH2]CC(S)CCCC. The van der Waals surface area contributed by atoms with E-state index in [9.17, 15) is 0 Å². The summed E-state index contributed by atoms with van der Waals surface area (Å²) < 4.78 is 0. The first-order chi connectivity index (χ1) is 3.81. The van der Waals surface area contributed by atoms with Crippen LogP contribution in [0, 0.1) is 6.92 Å². The second-order valence-electron chi connectivity index (χ2n) is 2.08. The van der Waals surface area contributed by atoms with Crippen LogP contribution in [-0.4, -0.2) is 5.25 Å². The lowest BCUT2D eigenvalue weighted by Crippen LogP contribution is -1.94. The van der Waals surface area contributed by atoms with Crippen molar-refractivity contribution in [3.05, 3.63) is 6.92 Å². The third kappa shape index (κ3) is 4.51. The largest absolute Gasteiger partial charge is 0.176 e. The van der Waals surface area contributed by atoms with E-state index in [0.29, 0.717) is 5.25 Å². The predicted octanol–water partition coefficient (Wildman–Crippen LogP) is 2.70. The zero-order valence-corrected chi connectivity index (χ0v) is 6.45. The van der Waals surface area contributed by atoms with Gasteiger partial charge in [0.2, 0.25) is 0 Å². The van der Waals surface area contributed by atoms with Gasteiger partial charge in [-0.25, -0.2) is 0 Å². The van der Waals surface area contributed by atoms with E-state index in [4.69, 9.17) is 0 Å². The summed E-state index contributed by atoms with van der Waals surface area (Å²) in [5.41, 5.74) is 0. The number of unbranched alkanes of at least 4 members (excludes halogenated alkanes) is 1. The molecule has 0 saturated heterocycles. The molecule has 0 aliphatic heterocycles. The van der Waals surface area contributed by atoms with E-state index in [1.165, 1.54) is 19.3 Å². The molecule has 0 fully saturated rings. The van der Waals surface area contributed by atoms with Gasteiger partial charge in [-0.15, -0.1) is 0 Å². The van der Waals surface area contributed by atoms with Crippen LogP contribution in [0.4, 0.5) is 0 Å². The Morgan fingerprint density at radius 1 is 1.62 bits per heavy atom. The van der Waals surface area contributed by atoms with Crippen molar-refractivity contribution in [1.29, 1.82) is 0 Å². The van der Waals surface area contributed by atoms with E-state index >= 15 is 0 Å². The van der Waals surface area contributed by atoms with Crippen LogP contribution in [0.2, 0.25) is 0 Å². The topological polar surface area (TPSA) is 0 Å². The maximum Gasteiger partial charge on any atom is 0.00168 e. The minimum absolute atomic E-state index is 0.537. The highest BCUT2D eigenvalue weighted by molar-refractivity contribution is 7.80. The molecule has 0 aromatic rings. The van der Waals surface area contributed by atoms with Crippen LogP contribution >= 0.6 is 12.6 Å². The Labute approximate surface area is 58.1 Å². The van der Waals surface area contributed by atoms with Crippen LogP contribution in [0.15, 0.2) is 0 Å². The Kier molecular flexibility index (Phi) is 5.73. The lowest BCUT2D eigenvalue weighted by atomic mass is 10.2. The van der Waals surface area contributed by atoms with E-state index < -0.39 is 0 Å². The Morgan fingerprint density at radius 2 is 2.25 bits per heavy atom. The van der Waals surface area contributed by atoms with Crippen LogP contribution in [-0.2, 0) is 0 Å². The molecule has 0 aliphatic carbocycles. The molecular formula is C7H15S. The highest BCUT2D eigenvalue weighted by atomic mass is 32.1. The van der Waals surface area contributed by atoms with Gasteiger partial charge in [-0.2, -0.15) is 12.6 Å². The number of hydrogen-bond acceptors (Lipinski definition) is 1. The van der Waals surface area contributed by atoms with Crippen molar-refractivity contribution in [2.75, 3.05) is 0 Å². The fourth-order valence-electron chi connectivity index (χ4n) is 0.584. The van der Waals surface area contributed by atoms with Gasteiger partial charge >= 0.3 is 0 Å². The minimum atomic E-state index is 0.537. The van der Waals surface area contributed by atoms with Crippen molar-refractivity contribution in [1.82, 2.24) is 0 Å². The summed E-state index contributed by atoms with van der Waals surface area (Å²) in [6.45, 7) is 5.96. The molecule has 1 heteroatoms. The van der Waals surface area contributed by atoms with E-state index in [1.807, 2.05) is 0 Å². The van der Waals surface area contributed by atoms with E-state index in [0.717, 1.165) is 6.42 Å². The van der Waals surface area contributed by atoms with Crippen LogP contribution < -0.4 is 0 Å². The first kappa shape index (κ1) is 8.35. The average molecular weight is 131 g/mol. The standard InChI is InChI=1S/C7H15S/c1-3-5-6-7(8)4-2/h7-8H,2-6H2,1H3. The second-order valence-corrected chi connectivity index (χ2v) is 2.82. The fourth-order valence-corrected chi connectivity index (χ4v) is 0.767. The highest BCUT2D eigenvalue weighted by Gasteiger charge is 1.95. The van der Waals surface area contributed by atoms with Gasteiger partial charge in [0.1, 0.15) is 0 Å². The van der Waals surface area contributed by atoms with Crippen LogP contribution in [0.5, 0.6) is 0 Å². The second kappa shape index (κ2) is 5.49. The Morgan fingerprint density at radius 3 is 2.62 bits per heavy atom. The maximum absolute atomic E-state index is 4.30. The molecule has 1 unspecified atom stereocenters. The summed E-state index contributed by atoms with van der Waals surface area (Å²) in [7, 11) is 0. The molecule has 0 aromatic carbocycles.